The van der Waals surface area contributed by atoms with E-state index in [1.807, 2.05) is 0 Å². The van der Waals surface area contributed by atoms with E-state index >= 15 is 0 Å². The molecule has 0 unspecified atom stereocenters. The second kappa shape index (κ2) is 4.23. The van der Waals surface area contributed by atoms with E-state index in [2.05, 4.69) is 0 Å². The lowest BCUT2D eigenvalue weighted by Crippen LogP contribution is -2.28. The Kier molecular flexibility index (Phi) is 3.35. The van der Waals surface area contributed by atoms with Gasteiger partial charge in [0.15, 0.2) is 9.84 Å². The van der Waals surface area contributed by atoms with E-state index in [0.29, 0.717) is 0 Å². The SMILES string of the molecule is CS(=O)(=O)[C@H](C#N)S(=O)(=O)c1ccccc1. The maximum atomic E-state index is 11.8. The van der Waals surface area contributed by atoms with E-state index < -0.39 is 24.3 Å². The minimum atomic E-state index is -4.16. The zero-order valence-corrected chi connectivity index (χ0v) is 9.99. The van der Waals surface area contributed by atoms with E-state index in [4.69, 9.17) is 5.26 Å². The molecule has 0 fully saturated rings. The zero-order chi connectivity index (χ0) is 12.4. The summed E-state index contributed by atoms with van der Waals surface area (Å²) < 4.78 is 43.9. The number of nitrogens with zero attached hydrogens (tertiary/aromatic N) is 1. The van der Waals surface area contributed by atoms with Gasteiger partial charge in [-0.1, -0.05) is 18.2 Å². The van der Waals surface area contributed by atoms with Crippen molar-refractivity contribution in [2.45, 2.75) is 9.48 Å². The lowest BCUT2D eigenvalue weighted by molar-refractivity contribution is 0.585. The largest absolute Gasteiger partial charge is 0.252 e. The molecule has 0 heterocycles. The van der Waals surface area contributed by atoms with Crippen molar-refractivity contribution < 1.29 is 16.8 Å². The van der Waals surface area contributed by atoms with Gasteiger partial charge in [0.2, 0.25) is 9.84 Å². The standard InChI is InChI=1S/C9H9NO4S2/c1-15(11,12)9(7-10)16(13,14)8-5-3-2-4-6-8/h2-6,9H,1H3/t9-/m0/s1. The highest BCUT2D eigenvalue weighted by atomic mass is 32.3. The Morgan fingerprint density at radius 2 is 1.62 bits per heavy atom. The Balaban J connectivity index is 3.40. The van der Waals surface area contributed by atoms with Gasteiger partial charge in [0.05, 0.1) is 11.0 Å². The van der Waals surface area contributed by atoms with Crippen LogP contribution < -0.4 is 0 Å². The van der Waals surface area contributed by atoms with Gasteiger partial charge < -0.3 is 0 Å². The van der Waals surface area contributed by atoms with Crippen LogP contribution in [0.5, 0.6) is 0 Å². The Morgan fingerprint density at radius 1 is 1.12 bits per heavy atom. The monoisotopic (exact) mass is 259 g/mol. The van der Waals surface area contributed by atoms with Crippen LogP contribution in [0.2, 0.25) is 0 Å². The predicted octanol–water partition coefficient (Wildman–Crippen LogP) is 0.355. The molecule has 1 aromatic rings. The summed E-state index contributed by atoms with van der Waals surface area (Å²) in [6.45, 7) is 0. The topological polar surface area (TPSA) is 92.1 Å². The second-order valence-corrected chi connectivity index (χ2v) is 7.61. The van der Waals surface area contributed by atoms with Crippen molar-refractivity contribution in [3.63, 3.8) is 0 Å². The van der Waals surface area contributed by atoms with Gasteiger partial charge in [-0.3, -0.25) is 0 Å². The van der Waals surface area contributed by atoms with Crippen molar-refractivity contribution >= 4 is 19.7 Å². The molecule has 0 saturated heterocycles. The molecule has 1 atom stereocenters. The van der Waals surface area contributed by atoms with Gasteiger partial charge in [-0.2, -0.15) is 5.26 Å². The lowest BCUT2D eigenvalue weighted by Gasteiger charge is -2.08. The summed E-state index contributed by atoms with van der Waals surface area (Å²) in [4.78, 5) is -0.174. The third-order valence-corrected chi connectivity index (χ3v) is 6.14. The zero-order valence-electron chi connectivity index (χ0n) is 8.36. The highest BCUT2D eigenvalue weighted by molar-refractivity contribution is 8.09. The van der Waals surface area contributed by atoms with Crippen molar-refractivity contribution in [3.05, 3.63) is 30.3 Å². The number of sulfone groups is 2. The van der Waals surface area contributed by atoms with Gasteiger partial charge in [0.25, 0.3) is 4.58 Å². The summed E-state index contributed by atoms with van der Waals surface area (Å²) in [5.41, 5.74) is 0. The summed E-state index contributed by atoms with van der Waals surface area (Å²) in [7, 11) is -8.13. The van der Waals surface area contributed by atoms with Gasteiger partial charge in [0, 0.05) is 6.26 Å². The van der Waals surface area contributed by atoms with Gasteiger partial charge in [-0.05, 0) is 12.1 Å². The maximum Gasteiger partial charge on any atom is 0.252 e. The highest BCUT2D eigenvalue weighted by Gasteiger charge is 2.35. The second-order valence-electron chi connectivity index (χ2n) is 3.15. The predicted molar refractivity (Wildman–Crippen MR) is 57.9 cm³/mol. The van der Waals surface area contributed by atoms with E-state index in [0.717, 1.165) is 6.26 Å². The smallest absolute Gasteiger partial charge is 0.227 e. The Morgan fingerprint density at radius 3 is 2.00 bits per heavy atom. The van der Waals surface area contributed by atoms with Crippen LogP contribution in [0.25, 0.3) is 0 Å². The van der Waals surface area contributed by atoms with Crippen molar-refractivity contribution in [1.29, 1.82) is 5.26 Å². The summed E-state index contributed by atoms with van der Waals surface area (Å²) in [5.74, 6) is 0. The van der Waals surface area contributed by atoms with Crippen LogP contribution in [0.1, 0.15) is 0 Å². The molecule has 0 aliphatic rings. The fraction of sp³-hybridized carbons (Fsp3) is 0.222. The van der Waals surface area contributed by atoms with Crippen molar-refractivity contribution in [3.8, 4) is 6.07 Å². The molecule has 7 heteroatoms. The third-order valence-electron chi connectivity index (χ3n) is 1.85. The first-order valence-corrected chi connectivity index (χ1v) is 7.67. The highest BCUT2D eigenvalue weighted by Crippen LogP contribution is 2.18. The summed E-state index contributed by atoms with van der Waals surface area (Å²) in [6.07, 6.45) is 0.724. The minimum Gasteiger partial charge on any atom is -0.227 e. The first-order chi connectivity index (χ1) is 7.30. The number of nitriles is 1. The molecule has 0 radical (unpaired) electrons. The van der Waals surface area contributed by atoms with Crippen LogP contribution in [0.3, 0.4) is 0 Å². The van der Waals surface area contributed by atoms with Crippen molar-refractivity contribution in [2.75, 3.05) is 6.26 Å². The summed E-state index contributed by atoms with van der Waals surface area (Å²) in [5, 5.41) is 8.65. The first-order valence-electron chi connectivity index (χ1n) is 4.17. The molecule has 0 saturated carbocycles. The molecule has 0 amide bonds. The molecule has 0 aromatic heterocycles. The molecule has 0 bridgehead atoms. The van der Waals surface area contributed by atoms with Crippen LogP contribution in [-0.2, 0) is 19.7 Å². The summed E-state index contributed by atoms with van der Waals surface area (Å²) >= 11 is 0. The van der Waals surface area contributed by atoms with Gasteiger partial charge >= 0.3 is 0 Å². The van der Waals surface area contributed by atoms with E-state index in [1.165, 1.54) is 30.3 Å². The molecule has 0 aliphatic carbocycles. The first kappa shape index (κ1) is 12.7. The molecule has 0 N–H and O–H groups in total. The molecule has 0 spiro atoms. The number of rotatable bonds is 3. The average molecular weight is 259 g/mol. The maximum absolute atomic E-state index is 11.8. The molecule has 5 nitrogen and oxygen atoms in total. The lowest BCUT2D eigenvalue weighted by atomic mass is 10.4. The number of hydrogen-bond donors (Lipinski definition) is 0. The van der Waals surface area contributed by atoms with Crippen LogP contribution >= 0.6 is 0 Å². The Bertz CT molecular complexity index is 611. The fourth-order valence-corrected chi connectivity index (χ4v) is 4.42. The van der Waals surface area contributed by atoms with E-state index in [1.54, 1.807) is 6.07 Å². The van der Waals surface area contributed by atoms with Gasteiger partial charge in [-0.15, -0.1) is 0 Å². The van der Waals surface area contributed by atoms with Crippen LogP contribution in [0.15, 0.2) is 35.2 Å². The van der Waals surface area contributed by atoms with E-state index in [-0.39, 0.29) is 4.90 Å². The van der Waals surface area contributed by atoms with Crippen molar-refractivity contribution in [1.82, 2.24) is 0 Å². The number of hydrogen-bond acceptors (Lipinski definition) is 5. The Labute approximate surface area is 94.2 Å². The molecule has 16 heavy (non-hydrogen) atoms. The molecular formula is C9H9NO4S2. The molecule has 1 rings (SSSR count). The van der Waals surface area contributed by atoms with Crippen LogP contribution in [0.4, 0.5) is 0 Å². The molecule has 1 aromatic carbocycles. The molecular weight excluding hydrogens is 250 g/mol. The van der Waals surface area contributed by atoms with Crippen LogP contribution in [-0.4, -0.2) is 27.7 Å². The summed E-state index contributed by atoms with van der Waals surface area (Å²) in [6, 6.07) is 8.34. The third kappa shape index (κ3) is 2.40. The molecule has 86 valence electrons. The minimum absolute atomic E-state index is 0.174. The Hall–Kier alpha value is -1.39. The molecule has 0 aliphatic heterocycles. The average Bonchev–Trinajstić information content (AvgIpc) is 2.17. The van der Waals surface area contributed by atoms with E-state index in [9.17, 15) is 16.8 Å². The quantitative estimate of drug-likeness (QED) is 0.781. The van der Waals surface area contributed by atoms with Crippen molar-refractivity contribution in [2.24, 2.45) is 0 Å². The number of benzene rings is 1. The fourth-order valence-electron chi connectivity index (χ4n) is 1.13. The van der Waals surface area contributed by atoms with Crippen LogP contribution in [0, 0.1) is 11.3 Å². The van der Waals surface area contributed by atoms with Gasteiger partial charge in [0.1, 0.15) is 0 Å². The normalized spacial score (nSPS) is 14.0. The van der Waals surface area contributed by atoms with Gasteiger partial charge in [-0.25, -0.2) is 16.8 Å².